The van der Waals surface area contributed by atoms with Gasteiger partial charge in [0.25, 0.3) is 0 Å². The van der Waals surface area contributed by atoms with E-state index in [1.807, 2.05) is 61.5 Å². The van der Waals surface area contributed by atoms with Crippen LogP contribution in [-0.4, -0.2) is 19.0 Å². The molecule has 4 nitrogen and oxygen atoms in total. The van der Waals surface area contributed by atoms with Crippen LogP contribution in [0.5, 0.6) is 11.5 Å². The molecule has 2 N–H and O–H groups in total. The molecule has 3 rings (SSSR count). The fourth-order valence-electron chi connectivity index (χ4n) is 2.52. The lowest BCUT2D eigenvalue weighted by molar-refractivity contribution is -0.123. The fraction of sp³-hybridized carbons (Fsp3) is 0.278. The second-order valence-electron chi connectivity index (χ2n) is 5.88. The minimum absolute atomic E-state index is 0.0641. The highest BCUT2D eigenvalue weighted by atomic mass is 16.5. The third-order valence-electron chi connectivity index (χ3n) is 4.01. The molecule has 0 radical (unpaired) electrons. The van der Waals surface area contributed by atoms with Gasteiger partial charge in [0.2, 0.25) is 5.91 Å². The standard InChI is InChI=1S/C18H20N2O2/c1-18(11-12-19-13-18)17(21)20-14-7-9-16(10-8-14)22-15-5-3-2-4-6-15/h2-10,19H,11-13H2,1H3,(H,20,21). The van der Waals surface area contributed by atoms with E-state index in [9.17, 15) is 4.79 Å². The van der Waals surface area contributed by atoms with E-state index < -0.39 is 0 Å². The predicted octanol–water partition coefficient (Wildman–Crippen LogP) is 3.42. The Balaban J connectivity index is 1.63. The second-order valence-corrected chi connectivity index (χ2v) is 5.88. The van der Waals surface area contributed by atoms with Crippen LogP contribution in [0.4, 0.5) is 5.69 Å². The molecule has 1 aliphatic rings. The summed E-state index contributed by atoms with van der Waals surface area (Å²) in [7, 11) is 0. The third kappa shape index (κ3) is 3.28. The minimum Gasteiger partial charge on any atom is -0.457 e. The number of anilines is 1. The molecular formula is C18H20N2O2. The Morgan fingerprint density at radius 1 is 1.09 bits per heavy atom. The van der Waals surface area contributed by atoms with Gasteiger partial charge in [-0.1, -0.05) is 18.2 Å². The molecule has 114 valence electrons. The van der Waals surface area contributed by atoms with Crippen molar-refractivity contribution in [3.05, 3.63) is 54.6 Å². The molecule has 2 aromatic carbocycles. The lowest BCUT2D eigenvalue weighted by atomic mass is 9.89. The van der Waals surface area contributed by atoms with Gasteiger partial charge in [-0.25, -0.2) is 0 Å². The van der Waals surface area contributed by atoms with Crippen molar-refractivity contribution in [1.29, 1.82) is 0 Å². The van der Waals surface area contributed by atoms with Crippen LogP contribution >= 0.6 is 0 Å². The summed E-state index contributed by atoms with van der Waals surface area (Å²) in [6, 6.07) is 17.1. The average Bonchev–Trinajstić information content (AvgIpc) is 2.98. The van der Waals surface area contributed by atoms with E-state index in [1.54, 1.807) is 0 Å². The first kappa shape index (κ1) is 14.6. The minimum atomic E-state index is -0.320. The zero-order chi connectivity index (χ0) is 15.4. The molecule has 1 amide bonds. The van der Waals surface area contributed by atoms with Crippen molar-refractivity contribution >= 4 is 11.6 Å². The molecular weight excluding hydrogens is 276 g/mol. The summed E-state index contributed by atoms with van der Waals surface area (Å²) < 4.78 is 5.74. The van der Waals surface area contributed by atoms with Crippen molar-refractivity contribution in [2.75, 3.05) is 18.4 Å². The summed E-state index contributed by atoms with van der Waals surface area (Å²) in [6.45, 7) is 3.62. The first-order valence-corrected chi connectivity index (χ1v) is 7.51. The Morgan fingerprint density at radius 3 is 2.41 bits per heavy atom. The molecule has 1 heterocycles. The summed E-state index contributed by atoms with van der Waals surface area (Å²) in [5.74, 6) is 1.61. The number of hydrogen-bond acceptors (Lipinski definition) is 3. The largest absolute Gasteiger partial charge is 0.457 e. The number of rotatable bonds is 4. The quantitative estimate of drug-likeness (QED) is 0.909. The zero-order valence-corrected chi connectivity index (χ0v) is 12.6. The summed E-state index contributed by atoms with van der Waals surface area (Å²) >= 11 is 0. The Labute approximate surface area is 130 Å². The van der Waals surface area contributed by atoms with Gasteiger partial charge < -0.3 is 15.4 Å². The highest BCUT2D eigenvalue weighted by Crippen LogP contribution is 2.27. The second kappa shape index (κ2) is 6.20. The smallest absolute Gasteiger partial charge is 0.231 e. The zero-order valence-electron chi connectivity index (χ0n) is 12.6. The van der Waals surface area contributed by atoms with Crippen molar-refractivity contribution in [2.45, 2.75) is 13.3 Å². The van der Waals surface area contributed by atoms with Crippen LogP contribution in [0.2, 0.25) is 0 Å². The van der Waals surface area contributed by atoms with Crippen LogP contribution in [0, 0.1) is 5.41 Å². The Hall–Kier alpha value is -2.33. The molecule has 4 heteroatoms. The van der Waals surface area contributed by atoms with E-state index in [0.29, 0.717) is 0 Å². The van der Waals surface area contributed by atoms with E-state index >= 15 is 0 Å². The van der Waals surface area contributed by atoms with Crippen molar-refractivity contribution in [1.82, 2.24) is 5.32 Å². The highest BCUT2D eigenvalue weighted by Gasteiger charge is 2.36. The van der Waals surface area contributed by atoms with Gasteiger partial charge in [0.05, 0.1) is 5.41 Å². The monoisotopic (exact) mass is 296 g/mol. The van der Waals surface area contributed by atoms with E-state index in [2.05, 4.69) is 10.6 Å². The molecule has 0 aliphatic carbocycles. The molecule has 1 saturated heterocycles. The van der Waals surface area contributed by atoms with Crippen molar-refractivity contribution < 1.29 is 9.53 Å². The highest BCUT2D eigenvalue weighted by molar-refractivity contribution is 5.95. The molecule has 1 atom stereocenters. The van der Waals surface area contributed by atoms with Crippen LogP contribution in [0.1, 0.15) is 13.3 Å². The number of benzene rings is 2. The maximum absolute atomic E-state index is 12.3. The first-order valence-electron chi connectivity index (χ1n) is 7.51. The number of nitrogens with one attached hydrogen (secondary N) is 2. The number of hydrogen-bond donors (Lipinski definition) is 2. The molecule has 0 aromatic heterocycles. The van der Waals surface area contributed by atoms with E-state index in [0.717, 1.165) is 36.7 Å². The SMILES string of the molecule is CC1(C(=O)Nc2ccc(Oc3ccccc3)cc2)CCNC1. The van der Waals surface area contributed by atoms with Crippen LogP contribution in [-0.2, 0) is 4.79 Å². The number of carbonyl (C=O) groups is 1. The molecule has 22 heavy (non-hydrogen) atoms. The molecule has 2 aromatic rings. The Morgan fingerprint density at radius 2 is 1.77 bits per heavy atom. The van der Waals surface area contributed by atoms with E-state index in [1.165, 1.54) is 0 Å². The maximum atomic E-state index is 12.3. The maximum Gasteiger partial charge on any atom is 0.231 e. The summed E-state index contributed by atoms with van der Waals surface area (Å²) in [5, 5.41) is 6.22. The lowest BCUT2D eigenvalue weighted by Crippen LogP contribution is -2.35. The van der Waals surface area contributed by atoms with Gasteiger partial charge >= 0.3 is 0 Å². The third-order valence-corrected chi connectivity index (χ3v) is 4.01. The number of para-hydroxylation sites is 1. The van der Waals surface area contributed by atoms with Gasteiger partial charge in [-0.2, -0.15) is 0 Å². The van der Waals surface area contributed by atoms with Crippen LogP contribution in [0.25, 0.3) is 0 Å². The van der Waals surface area contributed by atoms with Crippen molar-refractivity contribution in [3.63, 3.8) is 0 Å². The first-order chi connectivity index (χ1) is 10.7. The van der Waals surface area contributed by atoms with Gasteiger partial charge in [-0.05, 0) is 56.3 Å². The Kier molecular flexibility index (Phi) is 4.11. The van der Waals surface area contributed by atoms with E-state index in [-0.39, 0.29) is 11.3 Å². The van der Waals surface area contributed by atoms with Gasteiger partial charge in [-0.3, -0.25) is 4.79 Å². The van der Waals surface area contributed by atoms with Crippen molar-refractivity contribution in [2.24, 2.45) is 5.41 Å². The van der Waals surface area contributed by atoms with Gasteiger partial charge in [0.1, 0.15) is 11.5 Å². The Bertz CT molecular complexity index is 632. The fourth-order valence-corrected chi connectivity index (χ4v) is 2.52. The lowest BCUT2D eigenvalue weighted by Gasteiger charge is -2.21. The number of carbonyl (C=O) groups excluding carboxylic acids is 1. The van der Waals surface area contributed by atoms with Crippen molar-refractivity contribution in [3.8, 4) is 11.5 Å². The van der Waals surface area contributed by atoms with Crippen LogP contribution < -0.4 is 15.4 Å². The van der Waals surface area contributed by atoms with Gasteiger partial charge in [0, 0.05) is 12.2 Å². The molecule has 1 unspecified atom stereocenters. The van der Waals surface area contributed by atoms with E-state index in [4.69, 9.17) is 4.74 Å². The van der Waals surface area contributed by atoms with Crippen LogP contribution in [0.15, 0.2) is 54.6 Å². The molecule has 0 spiro atoms. The molecule has 0 bridgehead atoms. The molecule has 0 saturated carbocycles. The normalized spacial score (nSPS) is 20.6. The van der Waals surface area contributed by atoms with Gasteiger partial charge in [-0.15, -0.1) is 0 Å². The number of ether oxygens (including phenoxy) is 1. The number of amides is 1. The summed E-state index contributed by atoms with van der Waals surface area (Å²) in [6.07, 6.45) is 0.869. The molecule has 1 fully saturated rings. The molecule has 1 aliphatic heterocycles. The van der Waals surface area contributed by atoms with Gasteiger partial charge in [0.15, 0.2) is 0 Å². The summed E-state index contributed by atoms with van der Waals surface area (Å²) in [4.78, 5) is 12.3. The average molecular weight is 296 g/mol. The van der Waals surface area contributed by atoms with Crippen LogP contribution in [0.3, 0.4) is 0 Å². The summed E-state index contributed by atoms with van der Waals surface area (Å²) in [5.41, 5.74) is 0.470. The topological polar surface area (TPSA) is 50.4 Å². The predicted molar refractivity (Wildman–Crippen MR) is 87.2 cm³/mol.